The van der Waals surface area contributed by atoms with Crippen LogP contribution in [0, 0.1) is 0 Å². The van der Waals surface area contributed by atoms with E-state index in [9.17, 15) is 4.79 Å². The van der Waals surface area contributed by atoms with Gasteiger partial charge in [0.2, 0.25) is 0 Å². The molecule has 9 heteroatoms. The van der Waals surface area contributed by atoms with Crippen LogP contribution in [0.5, 0.6) is 0 Å². The summed E-state index contributed by atoms with van der Waals surface area (Å²) in [5, 5.41) is 15.9. The minimum atomic E-state index is -0.186. The van der Waals surface area contributed by atoms with E-state index in [2.05, 4.69) is 35.1 Å². The average Bonchev–Trinajstić information content (AvgIpc) is 3.35. The lowest BCUT2D eigenvalue weighted by atomic mass is 10.0. The molecule has 2 aliphatic rings. The highest BCUT2D eigenvalue weighted by atomic mass is 16.1. The first-order valence-electron chi connectivity index (χ1n) is 9.09. The maximum atomic E-state index is 12.3. The number of nitrogens with zero attached hydrogens (tertiary/aromatic N) is 6. The van der Waals surface area contributed by atoms with Crippen LogP contribution in [0.15, 0.2) is 17.2 Å². The lowest BCUT2D eigenvalue weighted by Gasteiger charge is -2.15. The molecule has 0 atom stereocenters. The van der Waals surface area contributed by atoms with Crippen molar-refractivity contribution in [2.45, 2.75) is 51.6 Å². The molecule has 9 nitrogen and oxygen atoms in total. The van der Waals surface area contributed by atoms with Crippen molar-refractivity contribution in [3.63, 3.8) is 0 Å². The fourth-order valence-corrected chi connectivity index (χ4v) is 3.74. The summed E-state index contributed by atoms with van der Waals surface area (Å²) in [6.45, 7) is 1.53. The van der Waals surface area contributed by atoms with Crippen molar-refractivity contribution in [1.29, 1.82) is 0 Å². The van der Waals surface area contributed by atoms with E-state index in [4.69, 9.17) is 0 Å². The predicted octanol–water partition coefficient (Wildman–Crippen LogP) is 1.17. The van der Waals surface area contributed by atoms with Crippen molar-refractivity contribution in [1.82, 2.24) is 34.5 Å². The van der Waals surface area contributed by atoms with E-state index in [1.165, 1.54) is 0 Å². The summed E-state index contributed by atoms with van der Waals surface area (Å²) >= 11 is 0. The van der Waals surface area contributed by atoms with Crippen LogP contribution in [0.4, 0.5) is 11.5 Å². The van der Waals surface area contributed by atoms with Gasteiger partial charge >= 0.3 is 0 Å². The number of hydrogen-bond acceptors (Lipinski definition) is 6. The van der Waals surface area contributed by atoms with Crippen molar-refractivity contribution in [3.8, 4) is 0 Å². The number of hydrogen-bond donors (Lipinski definition) is 2. The highest BCUT2D eigenvalue weighted by Crippen LogP contribution is 2.19. The van der Waals surface area contributed by atoms with E-state index in [0.29, 0.717) is 12.4 Å². The van der Waals surface area contributed by atoms with Gasteiger partial charge in [0, 0.05) is 24.9 Å². The third-order valence-corrected chi connectivity index (χ3v) is 5.05. The predicted molar refractivity (Wildman–Crippen MR) is 94.5 cm³/mol. The second-order valence-corrected chi connectivity index (χ2v) is 6.89. The Morgan fingerprint density at radius 2 is 2.08 bits per heavy atom. The first-order chi connectivity index (χ1) is 12.8. The molecular formula is C17H20N8O. The molecule has 0 spiro atoms. The van der Waals surface area contributed by atoms with Gasteiger partial charge in [0.15, 0.2) is 11.6 Å². The Hall–Kier alpha value is -2.97. The summed E-state index contributed by atoms with van der Waals surface area (Å²) in [6, 6.07) is 0. The van der Waals surface area contributed by atoms with E-state index in [1.54, 1.807) is 10.9 Å². The lowest BCUT2D eigenvalue weighted by molar-refractivity contribution is 0.604. The van der Waals surface area contributed by atoms with Crippen LogP contribution in [0.2, 0.25) is 0 Å². The van der Waals surface area contributed by atoms with Crippen molar-refractivity contribution in [2.24, 2.45) is 0 Å². The van der Waals surface area contributed by atoms with Gasteiger partial charge in [-0.05, 0) is 32.1 Å². The molecule has 1 aliphatic heterocycles. The molecule has 0 saturated carbocycles. The van der Waals surface area contributed by atoms with Gasteiger partial charge in [-0.15, -0.1) is 10.2 Å². The minimum Gasteiger partial charge on any atom is -0.333 e. The van der Waals surface area contributed by atoms with Crippen LogP contribution >= 0.6 is 0 Å². The van der Waals surface area contributed by atoms with Crippen molar-refractivity contribution < 1.29 is 0 Å². The lowest BCUT2D eigenvalue weighted by Crippen LogP contribution is -2.20. The maximum absolute atomic E-state index is 12.3. The van der Waals surface area contributed by atoms with E-state index >= 15 is 0 Å². The van der Waals surface area contributed by atoms with E-state index < -0.39 is 0 Å². The summed E-state index contributed by atoms with van der Waals surface area (Å²) < 4.78 is 3.95. The molecule has 134 valence electrons. The summed E-state index contributed by atoms with van der Waals surface area (Å²) in [4.78, 5) is 19.7. The number of rotatable bonds is 4. The zero-order valence-corrected chi connectivity index (χ0v) is 14.4. The monoisotopic (exact) mass is 352 g/mol. The number of aryl methyl sites for hydroxylation is 3. The van der Waals surface area contributed by atoms with E-state index in [1.807, 2.05) is 6.20 Å². The van der Waals surface area contributed by atoms with Crippen molar-refractivity contribution in [2.75, 3.05) is 5.32 Å². The Kier molecular flexibility index (Phi) is 3.58. The molecular weight excluding hydrogens is 332 g/mol. The molecule has 3 aromatic heterocycles. The molecule has 0 unspecified atom stereocenters. The smallest absolute Gasteiger partial charge is 0.291 e. The Morgan fingerprint density at radius 1 is 1.15 bits per heavy atom. The molecule has 0 saturated heterocycles. The zero-order valence-electron chi connectivity index (χ0n) is 14.4. The quantitative estimate of drug-likeness (QED) is 0.730. The normalized spacial score (nSPS) is 15.7. The van der Waals surface area contributed by atoms with Gasteiger partial charge in [0.05, 0.1) is 17.6 Å². The first-order valence-corrected chi connectivity index (χ1v) is 9.09. The fourth-order valence-electron chi connectivity index (χ4n) is 3.74. The molecule has 3 aromatic rings. The fraction of sp³-hybridized carbons (Fsp3) is 0.471. The Morgan fingerprint density at radius 3 is 3.04 bits per heavy atom. The van der Waals surface area contributed by atoms with E-state index in [0.717, 1.165) is 73.8 Å². The van der Waals surface area contributed by atoms with Crippen LogP contribution in [-0.2, 0) is 32.4 Å². The summed E-state index contributed by atoms with van der Waals surface area (Å²) in [7, 11) is 0. The number of nitrogens with one attached hydrogen (secondary N) is 2. The van der Waals surface area contributed by atoms with Crippen LogP contribution in [-0.4, -0.2) is 34.5 Å². The number of anilines is 2. The Balaban J connectivity index is 1.35. The van der Waals surface area contributed by atoms with Crippen molar-refractivity contribution in [3.05, 3.63) is 45.8 Å². The topological polar surface area (TPSA) is 106 Å². The van der Waals surface area contributed by atoms with Gasteiger partial charge in [0.25, 0.3) is 5.56 Å². The van der Waals surface area contributed by atoms with Gasteiger partial charge in [-0.25, -0.2) is 4.98 Å². The number of aromatic nitrogens is 7. The van der Waals surface area contributed by atoms with Crippen LogP contribution < -0.4 is 10.9 Å². The summed E-state index contributed by atoms with van der Waals surface area (Å²) in [5.74, 6) is 2.29. The first kappa shape index (κ1) is 15.3. The standard InChI is InChI=1S/C17H20N8O/c26-17-16(20-12-4-1-2-5-13(12)21-17)19-11-8-18-24(9-11)10-15-23-22-14-6-3-7-25(14)15/h8-9H,1-7,10H2,(H,19,20)(H,21,26). The minimum absolute atomic E-state index is 0.186. The molecule has 0 fully saturated rings. The third-order valence-electron chi connectivity index (χ3n) is 5.05. The van der Waals surface area contributed by atoms with Gasteiger partial charge in [-0.3, -0.25) is 9.48 Å². The molecule has 0 aromatic carbocycles. The average molecular weight is 352 g/mol. The molecule has 26 heavy (non-hydrogen) atoms. The van der Waals surface area contributed by atoms with Gasteiger partial charge in [-0.2, -0.15) is 5.10 Å². The zero-order chi connectivity index (χ0) is 17.5. The third kappa shape index (κ3) is 2.69. The summed E-state index contributed by atoms with van der Waals surface area (Å²) in [5.41, 5.74) is 2.52. The molecule has 4 heterocycles. The van der Waals surface area contributed by atoms with Crippen LogP contribution in [0.3, 0.4) is 0 Å². The maximum Gasteiger partial charge on any atom is 0.291 e. The van der Waals surface area contributed by atoms with Crippen molar-refractivity contribution >= 4 is 11.5 Å². The second kappa shape index (κ2) is 6.08. The molecule has 2 N–H and O–H groups in total. The van der Waals surface area contributed by atoms with Gasteiger partial charge in [0.1, 0.15) is 12.4 Å². The molecule has 0 amide bonds. The second-order valence-electron chi connectivity index (χ2n) is 6.89. The highest BCUT2D eigenvalue weighted by Gasteiger charge is 2.18. The van der Waals surface area contributed by atoms with Crippen LogP contribution in [0.1, 0.15) is 42.3 Å². The van der Waals surface area contributed by atoms with Gasteiger partial charge < -0.3 is 14.9 Å². The number of aromatic amines is 1. The Labute approximate surface area is 149 Å². The molecule has 0 radical (unpaired) electrons. The van der Waals surface area contributed by atoms with E-state index in [-0.39, 0.29) is 5.56 Å². The van der Waals surface area contributed by atoms with Crippen LogP contribution in [0.25, 0.3) is 0 Å². The largest absolute Gasteiger partial charge is 0.333 e. The molecule has 1 aliphatic carbocycles. The number of fused-ring (bicyclic) bond motifs is 2. The molecule has 5 rings (SSSR count). The number of H-pyrrole nitrogens is 1. The summed E-state index contributed by atoms with van der Waals surface area (Å²) in [6.07, 6.45) is 9.71. The van der Waals surface area contributed by atoms with Gasteiger partial charge in [-0.1, -0.05) is 0 Å². The highest BCUT2D eigenvalue weighted by molar-refractivity contribution is 5.53. The Bertz CT molecular complexity index is 1010. The SMILES string of the molecule is O=c1[nH]c2c(nc1Nc1cnn(Cc3nnc4n3CCC4)c1)CCCC2. The molecule has 0 bridgehead atoms.